The van der Waals surface area contributed by atoms with Gasteiger partial charge in [-0.05, 0) is 285 Å². The zero-order valence-corrected chi connectivity index (χ0v) is 90.5. The van der Waals surface area contributed by atoms with Gasteiger partial charge in [-0.25, -0.2) is 4.79 Å². The number of carboxylic acid groups (broad SMARTS) is 1. The van der Waals surface area contributed by atoms with Crippen molar-refractivity contribution in [2.24, 2.45) is 7.05 Å². The zero-order valence-electron chi connectivity index (χ0n) is 87.4. The lowest BCUT2D eigenvalue weighted by Crippen LogP contribution is -2.14. The molecule has 0 aliphatic rings. The molecule has 7 heterocycles. The maximum absolute atomic E-state index is 12.0. The average Bonchev–Trinajstić information content (AvgIpc) is 1.17. The highest BCUT2D eigenvalue weighted by Gasteiger charge is 2.30. The smallest absolute Gasteiger partial charge is 0.416 e. The Morgan fingerprint density at radius 1 is 0.448 bits per heavy atom. The minimum Gasteiger partial charge on any atom is -0.497 e. The molecule has 0 unspecified atom stereocenters. The van der Waals surface area contributed by atoms with Crippen molar-refractivity contribution >= 4 is 67.5 Å². The van der Waals surface area contributed by atoms with Crippen molar-refractivity contribution in [2.45, 2.75) is 187 Å². The van der Waals surface area contributed by atoms with E-state index in [-0.39, 0.29) is 10.3 Å². The van der Waals surface area contributed by atoms with Crippen molar-refractivity contribution in [1.29, 1.82) is 0 Å². The van der Waals surface area contributed by atoms with Crippen molar-refractivity contribution in [2.75, 3.05) is 26.6 Å². The van der Waals surface area contributed by atoms with E-state index in [0.29, 0.717) is 28.0 Å². The van der Waals surface area contributed by atoms with Gasteiger partial charge in [0.15, 0.2) is 5.15 Å². The predicted molar refractivity (Wildman–Crippen MR) is 586 cm³/mol. The number of alkyl halides is 3. The van der Waals surface area contributed by atoms with Gasteiger partial charge in [0.05, 0.1) is 76.1 Å². The fourth-order valence-corrected chi connectivity index (χ4v) is 12.1. The third-order valence-corrected chi connectivity index (χ3v) is 21.0. The first-order chi connectivity index (χ1) is 68.7. The fourth-order valence-electron chi connectivity index (χ4n) is 11.1. The number of hydrogen-bond acceptors (Lipinski definition) is 19. The second-order valence-corrected chi connectivity index (χ2v) is 36.9. The number of nitrogens with one attached hydrogen (secondary N) is 2. The number of para-hydroxylation sites is 1. The van der Waals surface area contributed by atoms with E-state index in [1.54, 1.807) is 80.4 Å². The summed E-state index contributed by atoms with van der Waals surface area (Å²) in [5.41, 5.74) is 23.0. The molecule has 0 saturated carbocycles. The number of tetrazole rings is 1. The minimum absolute atomic E-state index is 0.0666. The number of methoxy groups -OCH3 is 2. The van der Waals surface area contributed by atoms with Crippen LogP contribution in [-0.4, -0.2) is 121 Å². The summed E-state index contributed by atoms with van der Waals surface area (Å²) in [4.78, 5) is 14.5. The van der Waals surface area contributed by atoms with Gasteiger partial charge in [0.1, 0.15) is 5.75 Å². The Labute approximate surface area is 870 Å². The lowest BCUT2D eigenvalue weighted by Gasteiger charge is -2.15. The highest BCUT2D eigenvalue weighted by Crippen LogP contribution is 2.30. The minimum atomic E-state index is -4.22. The second-order valence-electron chi connectivity index (χ2n) is 34.2. The molecule has 145 heavy (non-hydrogen) atoms. The topological polar surface area (TPSA) is 310 Å². The maximum atomic E-state index is 12.0. The highest BCUT2D eigenvalue weighted by molar-refractivity contribution is 7.85. The lowest BCUT2D eigenvalue weighted by molar-refractivity contribution is -0.137. The van der Waals surface area contributed by atoms with Gasteiger partial charge >= 0.3 is 12.1 Å². The molecule has 0 aliphatic heterocycles. The van der Waals surface area contributed by atoms with Crippen LogP contribution in [-0.2, 0) is 35.2 Å². The number of halogens is 6. The number of pyridine rings is 1. The van der Waals surface area contributed by atoms with Crippen LogP contribution in [0.4, 0.5) is 18.9 Å². The number of unbranched alkanes of at least 4 members (excludes halogenated alkanes) is 3. The summed E-state index contributed by atoms with van der Waals surface area (Å²) in [6.07, 6.45) is 8.16. The molecular weight excluding hydrogens is 1910 g/mol. The molecule has 17 rings (SSSR count). The van der Waals surface area contributed by atoms with E-state index in [1.807, 2.05) is 261 Å². The van der Waals surface area contributed by atoms with Crippen LogP contribution in [0.3, 0.4) is 0 Å². The number of H-pyrrole nitrogens is 1. The number of carboxylic acids is 1. The lowest BCUT2D eigenvalue weighted by atomic mass is 9.92. The fraction of sp³-hybridized carbons (Fsp3) is 0.270. The molecule has 0 amide bonds. The second kappa shape index (κ2) is 68.8. The van der Waals surface area contributed by atoms with Crippen molar-refractivity contribution in [3.05, 3.63) is 443 Å². The number of aromatic nitrogens is 15. The summed E-state index contributed by atoms with van der Waals surface area (Å²) in [7, 11) is 3.05. The number of hydrogen-bond donors (Lipinski definition) is 4. The molecule has 23 nitrogen and oxygen atoms in total. The molecule has 0 fully saturated rings. The van der Waals surface area contributed by atoms with Crippen molar-refractivity contribution in [3.8, 4) is 23.0 Å². The summed E-state index contributed by atoms with van der Waals surface area (Å²) in [5, 5.41) is 62.9. The third-order valence-electron chi connectivity index (χ3n) is 19.5. The Morgan fingerprint density at radius 2 is 0.917 bits per heavy atom. The van der Waals surface area contributed by atoms with Gasteiger partial charge in [-0.3, -0.25) is 14.2 Å². The normalized spacial score (nSPS) is 10.0. The van der Waals surface area contributed by atoms with Crippen molar-refractivity contribution in [3.63, 3.8) is 0 Å². The Kier molecular flexibility index (Phi) is 59.2. The standard InChI is InChI=1S/C13H20.C10H9N.C9H14N2.C8H7F3.C8H8N4.C8H11N.C8H8O2.C8H10O.2C7H7Cl.C7H8O3S.C6H8N2O.C6H8N2.C5H5ClN2.C5H8N2/c1-3-4-5-6-7-13-10-8-12(2)9-11-13;1-8-6-9-4-2-3-5-10(9)11-7-8;1-7-5-6-8(11-10-7)9(2,3)4;1-6-3-2-4-7(5-6)8(9,10)11;1-6-2-4-7(5-3-6)8-9-11-12-10-8;1-7-3-5-8(9-2)6-4-7;1-6-2-4-7(5-3-6)8(9)10;1-7-3-5-8(9-2)6-4-7;1-6-2-4-7(8)5-3-6;1-6-3-2-4-7(8)5-6;1-6-2-4-7(5-3-6)11(8,9)10;1-5-3-4-6(9-2)8-7-5;1-5-3-4-6(2)8-7-5;1-4-2-3-5(6)8-7-4;1-5-3-6-7(2)4-5/h8-11H,3-7H2,1-2H3;2-7H,1H3;5-6H,1-4H3;2-5H,1H3;2-5H,1H3,(H,9,10,11,12);3-6,9H,1-2H3;2-5H,1H3,(H,9,10);3-6H,1-2H3;2*2-5H,1H3;2-5H,1H3,(H,8,9,10);3-4H,1-2H3;3-4H,1-2H3;2-3H,1H3;3-4H,1-2H3. The van der Waals surface area contributed by atoms with Crippen molar-refractivity contribution < 1.29 is 45.5 Å². The van der Waals surface area contributed by atoms with Crippen LogP contribution in [0, 0.1) is 111 Å². The van der Waals surface area contributed by atoms with Crippen LogP contribution in [0.25, 0.3) is 22.3 Å². The van der Waals surface area contributed by atoms with E-state index >= 15 is 0 Å². The molecule has 0 aliphatic carbocycles. The highest BCUT2D eigenvalue weighted by atomic mass is 35.5. The molecule has 30 heteroatoms. The maximum Gasteiger partial charge on any atom is 0.416 e. The van der Waals surface area contributed by atoms with E-state index < -0.39 is 27.8 Å². The molecule has 768 valence electrons. The molecule has 17 aromatic rings. The van der Waals surface area contributed by atoms with Crippen LogP contribution in [0.2, 0.25) is 15.2 Å². The monoisotopic (exact) mass is 2050 g/mol. The predicted octanol–water partition coefficient (Wildman–Crippen LogP) is 29.3. The van der Waals surface area contributed by atoms with Gasteiger partial charge < -0.3 is 19.9 Å². The number of aromatic carboxylic acids is 1. The summed E-state index contributed by atoms with van der Waals surface area (Å²) in [5.74, 6) is 1.23. The Morgan fingerprint density at radius 3 is 1.30 bits per heavy atom. The average molecular weight is 2050 g/mol. The van der Waals surface area contributed by atoms with E-state index in [4.69, 9.17) is 53.9 Å². The zero-order chi connectivity index (χ0) is 108. The molecule has 4 N–H and O–H groups in total. The molecule has 0 atom stereocenters. The van der Waals surface area contributed by atoms with E-state index in [1.165, 1.54) is 111 Å². The largest absolute Gasteiger partial charge is 0.497 e. The first kappa shape index (κ1) is 125. The molecule has 0 spiro atoms. The van der Waals surface area contributed by atoms with Crippen LogP contribution >= 0.6 is 34.8 Å². The first-order valence-electron chi connectivity index (χ1n) is 46.5. The summed E-state index contributed by atoms with van der Waals surface area (Å²) >= 11 is 16.7. The van der Waals surface area contributed by atoms with Gasteiger partial charge in [-0.2, -0.15) is 62.5 Å². The number of aryl methyl sites for hydroxylation is 18. The van der Waals surface area contributed by atoms with Crippen LogP contribution < -0.4 is 14.8 Å². The summed E-state index contributed by atoms with van der Waals surface area (Å²) in [6.45, 7) is 40.0. The number of anilines is 1. The summed E-state index contributed by atoms with van der Waals surface area (Å²) in [6, 6.07) is 92.0. The Bertz CT molecular complexity index is 6200. The number of nitrogens with zero attached hydrogens (tertiary/aromatic N) is 14. The first-order valence-corrected chi connectivity index (χ1v) is 49.0. The summed E-state index contributed by atoms with van der Waals surface area (Å²) < 4.78 is 77.0. The van der Waals surface area contributed by atoms with Gasteiger partial charge in [0.2, 0.25) is 11.7 Å². The molecule has 10 aromatic carbocycles. The number of carbonyl (C=O) groups is 1. The molecular formula is C115H138Cl3F3N16O7S. The van der Waals surface area contributed by atoms with E-state index in [0.717, 1.165) is 84.3 Å². The van der Waals surface area contributed by atoms with Gasteiger partial charge in [-0.15, -0.1) is 20.4 Å². The van der Waals surface area contributed by atoms with E-state index in [2.05, 4.69) is 193 Å². The molecule has 0 saturated heterocycles. The van der Waals surface area contributed by atoms with Crippen LogP contribution in [0.5, 0.6) is 11.6 Å². The Balaban J connectivity index is 0.000000400. The number of ether oxygens (including phenoxy) is 2. The van der Waals surface area contributed by atoms with Gasteiger partial charge in [0, 0.05) is 64.7 Å². The number of aromatic amines is 1. The van der Waals surface area contributed by atoms with Crippen molar-refractivity contribution in [1.82, 2.24) is 76.2 Å². The molecule has 0 bridgehead atoms. The van der Waals surface area contributed by atoms with E-state index in [9.17, 15) is 26.4 Å². The number of fused-ring (bicyclic) bond motifs is 1. The molecule has 0 radical (unpaired) electrons. The Hall–Kier alpha value is -14.4. The number of rotatable bonds is 11. The van der Waals surface area contributed by atoms with Crippen LogP contribution in [0.15, 0.2) is 321 Å². The molecule has 7 aromatic heterocycles. The SMILES string of the molecule is CCCCCCc1ccc(C)cc1.CNc1ccc(C)cc1.COc1ccc(C)cc1.COc1ccc(C)nn1.Cc1ccc(-c2nn[nH]n2)cc1.Cc1ccc(C(=O)O)cc1.Cc1ccc(C(C)(C)C)nn1.Cc1ccc(C)nn1.Cc1ccc(Cl)cc1.Cc1ccc(Cl)nn1.Cc1ccc(S(=O)(=O)O)cc1.Cc1cccc(C(F)(F)F)c1.Cc1cccc(Cl)c1.Cc1cnc2ccccc2c1.Cc1cnn(C)c1. The number of benzene rings is 10. The third kappa shape index (κ3) is 58.7. The van der Waals surface area contributed by atoms with Gasteiger partial charge in [-0.1, -0.05) is 284 Å². The quantitative estimate of drug-likeness (QED) is 0.0690. The van der Waals surface area contributed by atoms with Gasteiger partial charge in [0.25, 0.3) is 10.1 Å². The van der Waals surface area contributed by atoms with Crippen LogP contribution in [0.1, 0.15) is 170 Å².